The highest BCUT2D eigenvalue weighted by molar-refractivity contribution is 4.87. The predicted molar refractivity (Wildman–Crippen MR) is 81.7 cm³/mol. The van der Waals surface area contributed by atoms with Gasteiger partial charge in [-0.1, -0.05) is 6.92 Å². The molecule has 1 N–H and O–H groups in total. The molecule has 1 aliphatic rings. The van der Waals surface area contributed by atoms with E-state index in [9.17, 15) is 0 Å². The van der Waals surface area contributed by atoms with Crippen LogP contribution in [0.5, 0.6) is 0 Å². The lowest BCUT2D eigenvalue weighted by molar-refractivity contribution is 0.0359. The number of rotatable bonds is 7. The molecule has 0 aromatic rings. The van der Waals surface area contributed by atoms with Crippen molar-refractivity contribution in [2.24, 2.45) is 0 Å². The standard InChI is InChI=1S/C15H33N3O/c1-6-8-16-14(12-19-13(2)3)15-11-17(4)9-7-10-18(15)5/h13-16H,6-12H2,1-5H3. The predicted octanol–water partition coefficient (Wildman–Crippen LogP) is 1.42. The Morgan fingerprint density at radius 1 is 1.26 bits per heavy atom. The summed E-state index contributed by atoms with van der Waals surface area (Å²) < 4.78 is 5.87. The summed E-state index contributed by atoms with van der Waals surface area (Å²) in [5.41, 5.74) is 0. The van der Waals surface area contributed by atoms with E-state index in [-0.39, 0.29) is 0 Å². The zero-order chi connectivity index (χ0) is 14.3. The summed E-state index contributed by atoms with van der Waals surface area (Å²) in [6, 6.07) is 0.964. The Bertz CT molecular complexity index is 235. The topological polar surface area (TPSA) is 27.7 Å². The molecule has 1 rings (SSSR count). The zero-order valence-corrected chi connectivity index (χ0v) is 13.5. The monoisotopic (exact) mass is 271 g/mol. The van der Waals surface area contributed by atoms with E-state index in [4.69, 9.17) is 4.74 Å². The molecule has 0 saturated carbocycles. The lowest BCUT2D eigenvalue weighted by Crippen LogP contribution is -2.54. The summed E-state index contributed by atoms with van der Waals surface area (Å²) in [4.78, 5) is 4.95. The van der Waals surface area contributed by atoms with Gasteiger partial charge in [0.1, 0.15) is 0 Å². The molecule has 0 aromatic carbocycles. The van der Waals surface area contributed by atoms with Crippen LogP contribution in [0, 0.1) is 0 Å². The number of hydrogen-bond acceptors (Lipinski definition) is 4. The van der Waals surface area contributed by atoms with Crippen molar-refractivity contribution in [3.8, 4) is 0 Å². The molecular weight excluding hydrogens is 238 g/mol. The van der Waals surface area contributed by atoms with Crippen LogP contribution in [0.2, 0.25) is 0 Å². The molecule has 1 fully saturated rings. The van der Waals surface area contributed by atoms with Gasteiger partial charge in [-0.15, -0.1) is 0 Å². The van der Waals surface area contributed by atoms with Gasteiger partial charge in [0.25, 0.3) is 0 Å². The van der Waals surface area contributed by atoms with Gasteiger partial charge in [-0.05, 0) is 60.4 Å². The van der Waals surface area contributed by atoms with Crippen LogP contribution in [0.3, 0.4) is 0 Å². The van der Waals surface area contributed by atoms with Gasteiger partial charge in [0.15, 0.2) is 0 Å². The molecule has 0 aliphatic carbocycles. The van der Waals surface area contributed by atoms with Crippen LogP contribution in [-0.4, -0.2) is 74.9 Å². The number of hydrogen-bond donors (Lipinski definition) is 1. The molecule has 2 atom stereocenters. The van der Waals surface area contributed by atoms with Crippen molar-refractivity contribution in [1.82, 2.24) is 15.1 Å². The maximum atomic E-state index is 5.87. The molecular formula is C15H33N3O. The normalized spacial score (nSPS) is 24.6. The summed E-state index contributed by atoms with van der Waals surface area (Å²) >= 11 is 0. The minimum Gasteiger partial charge on any atom is -0.377 e. The molecule has 0 amide bonds. The van der Waals surface area contributed by atoms with E-state index >= 15 is 0 Å². The van der Waals surface area contributed by atoms with Crippen molar-refractivity contribution in [3.05, 3.63) is 0 Å². The van der Waals surface area contributed by atoms with E-state index in [0.29, 0.717) is 18.2 Å². The van der Waals surface area contributed by atoms with Crippen LogP contribution in [0.25, 0.3) is 0 Å². The van der Waals surface area contributed by atoms with Gasteiger partial charge in [0.05, 0.1) is 12.7 Å². The van der Waals surface area contributed by atoms with Crippen molar-refractivity contribution in [2.45, 2.75) is 51.8 Å². The molecule has 1 saturated heterocycles. The van der Waals surface area contributed by atoms with Crippen LogP contribution in [0.4, 0.5) is 0 Å². The van der Waals surface area contributed by atoms with Gasteiger partial charge in [-0.2, -0.15) is 0 Å². The Balaban J connectivity index is 2.62. The van der Waals surface area contributed by atoms with E-state index in [0.717, 1.165) is 19.7 Å². The lowest BCUT2D eigenvalue weighted by atomic mass is 10.1. The second-order valence-electron chi connectivity index (χ2n) is 6.11. The quantitative estimate of drug-likeness (QED) is 0.758. The maximum absolute atomic E-state index is 5.87. The highest BCUT2D eigenvalue weighted by Gasteiger charge is 2.28. The van der Waals surface area contributed by atoms with Crippen molar-refractivity contribution in [2.75, 3.05) is 46.9 Å². The SMILES string of the molecule is CCCNC(COC(C)C)C1CN(C)CCCN1C. The van der Waals surface area contributed by atoms with Crippen molar-refractivity contribution < 1.29 is 4.74 Å². The minimum absolute atomic E-state index is 0.305. The Hall–Kier alpha value is -0.160. The van der Waals surface area contributed by atoms with Crippen LogP contribution >= 0.6 is 0 Å². The smallest absolute Gasteiger partial charge is 0.0638 e. The van der Waals surface area contributed by atoms with Crippen LogP contribution < -0.4 is 5.32 Å². The molecule has 1 aliphatic heterocycles. The first-order valence-corrected chi connectivity index (χ1v) is 7.78. The lowest BCUT2D eigenvalue weighted by Gasteiger charge is -2.35. The molecule has 4 heteroatoms. The van der Waals surface area contributed by atoms with Crippen molar-refractivity contribution in [1.29, 1.82) is 0 Å². The second-order valence-corrected chi connectivity index (χ2v) is 6.11. The third kappa shape index (κ3) is 6.21. The van der Waals surface area contributed by atoms with Gasteiger partial charge < -0.3 is 19.9 Å². The molecule has 0 bridgehead atoms. The average molecular weight is 271 g/mol. The molecule has 0 aromatic heterocycles. The minimum atomic E-state index is 0.305. The Morgan fingerprint density at radius 2 is 2.00 bits per heavy atom. The number of likely N-dealkylation sites (N-methyl/N-ethyl adjacent to an activating group) is 2. The third-order valence-electron chi connectivity index (χ3n) is 3.85. The fourth-order valence-electron chi connectivity index (χ4n) is 2.67. The zero-order valence-electron chi connectivity index (χ0n) is 13.5. The summed E-state index contributed by atoms with van der Waals surface area (Å²) in [6.45, 7) is 11.8. The van der Waals surface area contributed by atoms with Crippen LogP contribution in [0.15, 0.2) is 0 Å². The van der Waals surface area contributed by atoms with E-state index in [1.807, 2.05) is 0 Å². The summed E-state index contributed by atoms with van der Waals surface area (Å²) in [7, 11) is 4.48. The van der Waals surface area contributed by atoms with Gasteiger partial charge in [-0.25, -0.2) is 0 Å². The maximum Gasteiger partial charge on any atom is 0.0638 e. The summed E-state index contributed by atoms with van der Waals surface area (Å²) in [5, 5.41) is 3.68. The Morgan fingerprint density at radius 3 is 2.63 bits per heavy atom. The second kappa shape index (κ2) is 8.90. The number of nitrogens with one attached hydrogen (secondary N) is 1. The average Bonchev–Trinajstić information content (AvgIpc) is 2.51. The molecule has 114 valence electrons. The highest BCUT2D eigenvalue weighted by Crippen LogP contribution is 2.11. The van der Waals surface area contributed by atoms with E-state index in [1.165, 1.54) is 25.9 Å². The van der Waals surface area contributed by atoms with Crippen molar-refractivity contribution in [3.63, 3.8) is 0 Å². The van der Waals surface area contributed by atoms with Crippen molar-refractivity contribution >= 4 is 0 Å². The first kappa shape index (κ1) is 16.9. The third-order valence-corrected chi connectivity index (χ3v) is 3.85. The summed E-state index contributed by atoms with van der Waals surface area (Å²) in [6.07, 6.45) is 2.74. The fourth-order valence-corrected chi connectivity index (χ4v) is 2.67. The van der Waals surface area contributed by atoms with Gasteiger partial charge >= 0.3 is 0 Å². The van der Waals surface area contributed by atoms with E-state index in [2.05, 4.69) is 50.0 Å². The molecule has 1 heterocycles. The van der Waals surface area contributed by atoms with E-state index < -0.39 is 0 Å². The largest absolute Gasteiger partial charge is 0.377 e. The van der Waals surface area contributed by atoms with Crippen LogP contribution in [0.1, 0.15) is 33.6 Å². The van der Waals surface area contributed by atoms with Crippen LogP contribution in [-0.2, 0) is 4.74 Å². The molecule has 0 spiro atoms. The summed E-state index contributed by atoms with van der Waals surface area (Å²) in [5.74, 6) is 0. The fraction of sp³-hybridized carbons (Fsp3) is 1.00. The number of ether oxygens (including phenoxy) is 1. The van der Waals surface area contributed by atoms with E-state index in [1.54, 1.807) is 0 Å². The highest BCUT2D eigenvalue weighted by atomic mass is 16.5. The molecule has 4 nitrogen and oxygen atoms in total. The van der Waals surface area contributed by atoms with Gasteiger partial charge in [0.2, 0.25) is 0 Å². The van der Waals surface area contributed by atoms with Gasteiger partial charge in [-0.3, -0.25) is 0 Å². The first-order chi connectivity index (χ1) is 9.04. The first-order valence-electron chi connectivity index (χ1n) is 7.78. The van der Waals surface area contributed by atoms with Gasteiger partial charge in [0, 0.05) is 18.6 Å². The number of nitrogens with zero attached hydrogens (tertiary/aromatic N) is 2. The Kier molecular flexibility index (Phi) is 7.91. The molecule has 19 heavy (non-hydrogen) atoms. The molecule has 0 radical (unpaired) electrons. The molecule has 2 unspecified atom stereocenters. The Labute approximate surface area is 119 Å².